The van der Waals surface area contributed by atoms with Crippen LogP contribution in [0, 0.1) is 12.8 Å². The Labute approximate surface area is 190 Å². The lowest BCUT2D eigenvalue weighted by atomic mass is 9.97. The van der Waals surface area contributed by atoms with Crippen LogP contribution in [0.15, 0.2) is 22.5 Å². The number of hydrogen-bond donors (Lipinski definition) is 2. The fraction of sp³-hybridized carbons (Fsp3) is 0.682. The Bertz CT molecular complexity index is 797. The zero-order valence-corrected chi connectivity index (χ0v) is 20.1. The van der Waals surface area contributed by atoms with Crippen LogP contribution in [0.4, 0.5) is 0 Å². The molecule has 1 atom stereocenters. The van der Waals surface area contributed by atoms with Crippen molar-refractivity contribution in [1.82, 2.24) is 30.3 Å². The standard InChI is InChI=1S/C22H37N7OS/c1-17-8-11-29(12-9-17)19(20-7-5-14-31-20)15-24-22(23-10-6-13-30-4)25-16-21-27-26-18(2)28(21)3/h5,7,14,17,19H,6,8-13,15-16H2,1-4H3,(H2,23,24,25). The second-order valence-corrected chi connectivity index (χ2v) is 9.27. The van der Waals surface area contributed by atoms with Crippen LogP contribution in [0.3, 0.4) is 0 Å². The minimum Gasteiger partial charge on any atom is -0.385 e. The second-order valence-electron chi connectivity index (χ2n) is 8.29. The number of piperidine rings is 1. The van der Waals surface area contributed by atoms with Crippen molar-refractivity contribution < 1.29 is 4.74 Å². The molecule has 1 fully saturated rings. The maximum Gasteiger partial charge on any atom is 0.191 e. The van der Waals surface area contributed by atoms with E-state index in [1.807, 2.05) is 29.9 Å². The third kappa shape index (κ3) is 7.02. The molecule has 2 aromatic rings. The molecule has 172 valence electrons. The molecule has 0 bridgehead atoms. The minimum absolute atomic E-state index is 0.357. The average Bonchev–Trinajstić information content (AvgIpc) is 3.41. The number of likely N-dealkylation sites (tertiary alicyclic amines) is 1. The quantitative estimate of drug-likeness (QED) is 0.331. The lowest BCUT2D eigenvalue weighted by Gasteiger charge is -2.36. The predicted molar refractivity (Wildman–Crippen MR) is 126 cm³/mol. The molecule has 8 nitrogen and oxygen atoms in total. The van der Waals surface area contributed by atoms with Gasteiger partial charge in [-0.15, -0.1) is 21.5 Å². The van der Waals surface area contributed by atoms with Crippen LogP contribution in [0.5, 0.6) is 0 Å². The van der Waals surface area contributed by atoms with Crippen LogP contribution in [0.2, 0.25) is 0 Å². The first-order valence-corrected chi connectivity index (χ1v) is 12.1. The van der Waals surface area contributed by atoms with Crippen molar-refractivity contribution in [2.45, 2.75) is 45.7 Å². The minimum atomic E-state index is 0.357. The van der Waals surface area contributed by atoms with Crippen molar-refractivity contribution in [3.8, 4) is 0 Å². The maximum atomic E-state index is 5.18. The molecule has 1 aliphatic rings. The largest absolute Gasteiger partial charge is 0.385 e. The van der Waals surface area contributed by atoms with Crippen LogP contribution in [0.25, 0.3) is 0 Å². The summed E-state index contributed by atoms with van der Waals surface area (Å²) in [4.78, 5) is 8.82. The van der Waals surface area contributed by atoms with Crippen molar-refractivity contribution in [3.63, 3.8) is 0 Å². The van der Waals surface area contributed by atoms with E-state index in [2.05, 4.69) is 50.2 Å². The molecule has 0 aliphatic carbocycles. The Morgan fingerprint density at radius 2 is 2.13 bits per heavy atom. The van der Waals surface area contributed by atoms with Crippen molar-refractivity contribution in [3.05, 3.63) is 34.0 Å². The van der Waals surface area contributed by atoms with Gasteiger partial charge in [0.15, 0.2) is 11.8 Å². The maximum absolute atomic E-state index is 5.18. The number of nitrogens with one attached hydrogen (secondary N) is 2. The van der Waals surface area contributed by atoms with Gasteiger partial charge in [0.05, 0.1) is 6.04 Å². The van der Waals surface area contributed by atoms with Gasteiger partial charge in [0.2, 0.25) is 0 Å². The van der Waals surface area contributed by atoms with E-state index in [9.17, 15) is 0 Å². The Morgan fingerprint density at radius 3 is 2.77 bits per heavy atom. The first kappa shape index (κ1) is 23.7. The summed E-state index contributed by atoms with van der Waals surface area (Å²) in [6.07, 6.45) is 3.46. The highest BCUT2D eigenvalue weighted by molar-refractivity contribution is 7.10. The van der Waals surface area contributed by atoms with Crippen LogP contribution in [-0.4, -0.2) is 65.5 Å². The van der Waals surface area contributed by atoms with Gasteiger partial charge in [-0.1, -0.05) is 13.0 Å². The Morgan fingerprint density at radius 1 is 1.32 bits per heavy atom. The molecular weight excluding hydrogens is 410 g/mol. The smallest absolute Gasteiger partial charge is 0.191 e. The summed E-state index contributed by atoms with van der Waals surface area (Å²) >= 11 is 1.84. The fourth-order valence-electron chi connectivity index (χ4n) is 3.76. The zero-order valence-electron chi connectivity index (χ0n) is 19.3. The summed E-state index contributed by atoms with van der Waals surface area (Å²) in [5.41, 5.74) is 0. The normalized spacial score (nSPS) is 17.1. The molecule has 1 unspecified atom stereocenters. The molecule has 0 amide bonds. The molecule has 1 saturated heterocycles. The van der Waals surface area contributed by atoms with Crippen molar-refractivity contribution >= 4 is 17.3 Å². The Kier molecular flexibility index (Phi) is 9.30. The van der Waals surface area contributed by atoms with Crippen LogP contribution < -0.4 is 10.6 Å². The number of ether oxygens (including phenoxy) is 1. The third-order valence-electron chi connectivity index (χ3n) is 5.97. The number of guanidine groups is 1. The molecule has 9 heteroatoms. The monoisotopic (exact) mass is 447 g/mol. The van der Waals surface area contributed by atoms with Gasteiger partial charge in [-0.2, -0.15) is 0 Å². The highest BCUT2D eigenvalue weighted by Crippen LogP contribution is 2.29. The molecule has 2 N–H and O–H groups in total. The number of aliphatic imine (C=N–C) groups is 1. The highest BCUT2D eigenvalue weighted by atomic mass is 32.1. The SMILES string of the molecule is COCCCNC(=NCc1nnc(C)n1C)NCC(c1cccs1)N1CCC(C)CC1. The molecular formula is C22H37N7OS. The van der Waals surface area contributed by atoms with Gasteiger partial charge in [0, 0.05) is 38.7 Å². The third-order valence-corrected chi connectivity index (χ3v) is 6.95. The molecule has 0 saturated carbocycles. The van der Waals surface area contributed by atoms with Gasteiger partial charge in [-0.3, -0.25) is 4.90 Å². The van der Waals surface area contributed by atoms with Crippen LogP contribution in [0.1, 0.15) is 48.8 Å². The average molecular weight is 448 g/mol. The molecule has 0 spiro atoms. The first-order chi connectivity index (χ1) is 15.1. The van der Waals surface area contributed by atoms with E-state index < -0.39 is 0 Å². The van der Waals surface area contributed by atoms with E-state index in [1.165, 1.54) is 17.7 Å². The van der Waals surface area contributed by atoms with Gasteiger partial charge in [-0.25, -0.2) is 4.99 Å². The topological polar surface area (TPSA) is 79.6 Å². The van der Waals surface area contributed by atoms with Gasteiger partial charge in [-0.05, 0) is 56.6 Å². The number of nitrogens with zero attached hydrogens (tertiary/aromatic N) is 5. The van der Waals surface area contributed by atoms with E-state index in [1.54, 1.807) is 7.11 Å². The summed E-state index contributed by atoms with van der Waals surface area (Å²) in [7, 11) is 3.71. The summed E-state index contributed by atoms with van der Waals surface area (Å²) in [6.45, 7) is 9.46. The lowest BCUT2D eigenvalue weighted by molar-refractivity contribution is 0.140. The molecule has 2 aromatic heterocycles. The van der Waals surface area contributed by atoms with E-state index >= 15 is 0 Å². The molecule has 31 heavy (non-hydrogen) atoms. The highest BCUT2D eigenvalue weighted by Gasteiger charge is 2.25. The first-order valence-electron chi connectivity index (χ1n) is 11.2. The lowest BCUT2D eigenvalue weighted by Crippen LogP contribution is -2.45. The van der Waals surface area contributed by atoms with Gasteiger partial charge >= 0.3 is 0 Å². The van der Waals surface area contributed by atoms with Gasteiger partial charge in [0.1, 0.15) is 12.4 Å². The Balaban J connectivity index is 1.66. The summed E-state index contributed by atoms with van der Waals surface area (Å²) in [5, 5.41) is 17.6. The van der Waals surface area contributed by atoms with Crippen molar-refractivity contribution in [2.24, 2.45) is 18.0 Å². The number of hydrogen-bond acceptors (Lipinski definition) is 6. The van der Waals surface area contributed by atoms with Gasteiger partial charge in [0.25, 0.3) is 0 Å². The molecule has 0 aromatic carbocycles. The molecule has 3 heterocycles. The molecule has 3 rings (SSSR count). The van der Waals surface area contributed by atoms with E-state index in [-0.39, 0.29) is 0 Å². The number of methoxy groups -OCH3 is 1. The number of thiophene rings is 1. The van der Waals surface area contributed by atoms with Gasteiger partial charge < -0.3 is 19.9 Å². The summed E-state index contributed by atoms with van der Waals surface area (Å²) in [5.74, 6) is 3.38. The summed E-state index contributed by atoms with van der Waals surface area (Å²) in [6, 6.07) is 4.75. The number of rotatable bonds is 10. The van der Waals surface area contributed by atoms with Crippen LogP contribution in [-0.2, 0) is 18.3 Å². The van der Waals surface area contributed by atoms with E-state index in [0.29, 0.717) is 12.6 Å². The Hall–Kier alpha value is -1.97. The van der Waals surface area contributed by atoms with Crippen molar-refractivity contribution in [1.29, 1.82) is 0 Å². The molecule has 1 aliphatic heterocycles. The number of aryl methyl sites for hydroxylation is 1. The van der Waals surface area contributed by atoms with Crippen molar-refractivity contribution in [2.75, 3.05) is 39.9 Å². The molecule has 0 radical (unpaired) electrons. The fourth-order valence-corrected chi connectivity index (χ4v) is 4.62. The van der Waals surface area contributed by atoms with Crippen LogP contribution >= 0.6 is 11.3 Å². The predicted octanol–water partition coefficient (Wildman–Crippen LogP) is 2.73. The zero-order chi connectivity index (χ0) is 22.1. The van der Waals surface area contributed by atoms with E-state index in [0.717, 1.165) is 62.7 Å². The second kappa shape index (κ2) is 12.2. The number of aromatic nitrogens is 3. The summed E-state index contributed by atoms with van der Waals surface area (Å²) < 4.78 is 7.16. The van der Waals surface area contributed by atoms with E-state index in [4.69, 9.17) is 9.73 Å².